The van der Waals surface area contributed by atoms with Crippen molar-refractivity contribution in [3.63, 3.8) is 0 Å². The lowest BCUT2D eigenvalue weighted by molar-refractivity contribution is -0.157. The van der Waals surface area contributed by atoms with Gasteiger partial charge >= 0.3 is 11.9 Å². The lowest BCUT2D eigenvalue weighted by Gasteiger charge is -2.22. The Labute approximate surface area is 153 Å². The number of benzene rings is 1. The van der Waals surface area contributed by atoms with Crippen LogP contribution < -0.4 is 5.32 Å². The number of amides is 1. The first-order chi connectivity index (χ1) is 11.9. The maximum Gasteiger partial charge on any atom is 0.310 e. The molecule has 1 heterocycles. The second-order valence-electron chi connectivity index (χ2n) is 7.04. The summed E-state index contributed by atoms with van der Waals surface area (Å²) in [7, 11) is 0. The number of carbonyl (C=O) groups excluding carboxylic acids is 3. The zero-order valence-corrected chi connectivity index (χ0v) is 15.2. The minimum atomic E-state index is -0.461. The van der Waals surface area contributed by atoms with Crippen LogP contribution in [0.5, 0.6) is 0 Å². The molecule has 6 nitrogen and oxygen atoms in total. The van der Waals surface area contributed by atoms with Crippen molar-refractivity contribution < 1.29 is 23.9 Å². The number of anilines is 1. The Morgan fingerprint density at radius 1 is 1.36 bits per heavy atom. The topological polar surface area (TPSA) is 81.7 Å². The van der Waals surface area contributed by atoms with Gasteiger partial charge in [0.25, 0.3) is 5.91 Å². The second kappa shape index (κ2) is 6.12. The summed E-state index contributed by atoms with van der Waals surface area (Å²) in [5.41, 5.74) is 1.63. The molecule has 1 aromatic rings. The molecule has 1 N–H and O–H groups in total. The van der Waals surface area contributed by atoms with Crippen molar-refractivity contribution in [3.05, 3.63) is 28.2 Å². The highest BCUT2D eigenvalue weighted by molar-refractivity contribution is 9.10. The zero-order chi connectivity index (χ0) is 17.7. The van der Waals surface area contributed by atoms with Crippen LogP contribution in [-0.4, -0.2) is 30.6 Å². The van der Waals surface area contributed by atoms with E-state index in [9.17, 15) is 14.4 Å². The van der Waals surface area contributed by atoms with E-state index in [1.165, 1.54) is 0 Å². The van der Waals surface area contributed by atoms with Gasteiger partial charge < -0.3 is 14.8 Å². The van der Waals surface area contributed by atoms with Crippen LogP contribution in [0.2, 0.25) is 0 Å². The Balaban J connectivity index is 1.34. The largest absolute Gasteiger partial charge is 0.462 e. The van der Waals surface area contributed by atoms with Crippen molar-refractivity contribution in [1.82, 2.24) is 0 Å². The Morgan fingerprint density at radius 2 is 2.16 bits per heavy atom. The fourth-order valence-corrected chi connectivity index (χ4v) is 4.72. The van der Waals surface area contributed by atoms with Gasteiger partial charge in [0.1, 0.15) is 6.10 Å². The van der Waals surface area contributed by atoms with Gasteiger partial charge in [0, 0.05) is 16.1 Å². The summed E-state index contributed by atoms with van der Waals surface area (Å²) in [6.45, 7) is 1.57. The number of hydrogen-bond acceptors (Lipinski definition) is 5. The summed E-state index contributed by atoms with van der Waals surface area (Å²) in [4.78, 5) is 36.4. The van der Waals surface area contributed by atoms with Crippen LogP contribution in [0.1, 0.15) is 18.4 Å². The van der Waals surface area contributed by atoms with Crippen molar-refractivity contribution >= 4 is 39.5 Å². The van der Waals surface area contributed by atoms with Crippen molar-refractivity contribution in [2.75, 3.05) is 11.9 Å². The number of hydrogen-bond donors (Lipinski definition) is 1. The van der Waals surface area contributed by atoms with Crippen molar-refractivity contribution in [1.29, 1.82) is 0 Å². The molecule has 5 atom stereocenters. The first kappa shape index (κ1) is 16.6. The molecule has 2 bridgehead atoms. The highest BCUT2D eigenvalue weighted by Gasteiger charge is 2.64. The average Bonchev–Trinajstić information content (AvgIpc) is 3.18. The van der Waals surface area contributed by atoms with Crippen LogP contribution in [0.25, 0.3) is 0 Å². The summed E-state index contributed by atoms with van der Waals surface area (Å²) in [6.07, 6.45) is 1.55. The maximum absolute atomic E-state index is 12.4. The summed E-state index contributed by atoms with van der Waals surface area (Å²) in [5, 5.41) is 2.70. The molecule has 2 aliphatic carbocycles. The van der Waals surface area contributed by atoms with Crippen LogP contribution in [-0.2, 0) is 23.9 Å². The lowest BCUT2D eigenvalue weighted by atomic mass is 9.80. The highest BCUT2D eigenvalue weighted by atomic mass is 79.9. The van der Waals surface area contributed by atoms with Crippen LogP contribution in [0.15, 0.2) is 22.7 Å². The van der Waals surface area contributed by atoms with E-state index in [0.29, 0.717) is 5.69 Å². The van der Waals surface area contributed by atoms with Crippen LogP contribution in [0.4, 0.5) is 5.69 Å². The predicted octanol–water partition coefficient (Wildman–Crippen LogP) is 2.44. The van der Waals surface area contributed by atoms with Crippen molar-refractivity contribution in [2.24, 2.45) is 23.7 Å². The quantitative estimate of drug-likeness (QED) is 0.775. The molecule has 25 heavy (non-hydrogen) atoms. The Hall–Kier alpha value is -1.89. The van der Waals surface area contributed by atoms with E-state index in [1.807, 2.05) is 19.1 Å². The molecule has 3 aliphatic rings. The molecule has 2 saturated carbocycles. The third-order valence-electron chi connectivity index (χ3n) is 5.54. The van der Waals surface area contributed by atoms with Gasteiger partial charge in [0.15, 0.2) is 6.61 Å². The molecule has 132 valence electrons. The van der Waals surface area contributed by atoms with Gasteiger partial charge in [-0.2, -0.15) is 0 Å². The Bertz CT molecular complexity index is 762. The third kappa shape index (κ3) is 2.84. The smallest absolute Gasteiger partial charge is 0.310 e. The van der Waals surface area contributed by atoms with E-state index < -0.39 is 17.8 Å². The number of halogens is 1. The molecular weight excluding hydrogens is 390 g/mol. The normalized spacial score (nSPS) is 31.8. The first-order valence-corrected chi connectivity index (χ1v) is 9.16. The van der Waals surface area contributed by atoms with Gasteiger partial charge in [-0.05, 0) is 49.4 Å². The average molecular weight is 408 g/mol. The Kier molecular flexibility index (Phi) is 4.06. The number of ether oxygens (including phenoxy) is 2. The van der Waals surface area contributed by atoms with Crippen LogP contribution in [0, 0.1) is 30.6 Å². The molecule has 1 saturated heterocycles. The first-order valence-electron chi connectivity index (χ1n) is 8.37. The number of fused-ring (bicyclic) bond motifs is 1. The van der Waals surface area contributed by atoms with E-state index in [-0.39, 0.29) is 36.4 Å². The molecule has 4 rings (SSSR count). The van der Waals surface area contributed by atoms with Crippen LogP contribution >= 0.6 is 15.9 Å². The van der Waals surface area contributed by atoms with Gasteiger partial charge in [-0.15, -0.1) is 0 Å². The zero-order valence-electron chi connectivity index (χ0n) is 13.7. The molecule has 1 aromatic carbocycles. The minimum absolute atomic E-state index is 0.0181. The van der Waals surface area contributed by atoms with Gasteiger partial charge in [0.2, 0.25) is 0 Å². The third-order valence-corrected chi connectivity index (χ3v) is 6.43. The van der Waals surface area contributed by atoms with E-state index in [0.717, 1.165) is 22.9 Å². The van der Waals surface area contributed by atoms with Crippen molar-refractivity contribution in [3.8, 4) is 0 Å². The van der Waals surface area contributed by atoms with E-state index >= 15 is 0 Å². The fraction of sp³-hybridized carbons (Fsp3) is 0.500. The summed E-state index contributed by atoms with van der Waals surface area (Å²) >= 11 is 3.40. The van der Waals surface area contributed by atoms with Gasteiger partial charge in [-0.25, -0.2) is 0 Å². The molecule has 0 radical (unpaired) electrons. The number of aryl methyl sites for hydroxylation is 1. The summed E-state index contributed by atoms with van der Waals surface area (Å²) in [5.74, 6) is -1.70. The SMILES string of the molecule is Cc1cc(NC(=O)COC(=O)[C@@H]2[C@@H]3C[C@@H]4[C@@H]2C(=O)O[C@@H]4C3)ccc1Br. The molecular formula is C18H18BrNO5. The minimum Gasteiger partial charge on any atom is -0.462 e. The number of esters is 2. The highest BCUT2D eigenvalue weighted by Crippen LogP contribution is 2.57. The summed E-state index contributed by atoms with van der Waals surface area (Å²) < 4.78 is 11.5. The standard InChI is InChI=1S/C18H18BrNO5/c1-8-4-10(2-3-12(8)19)20-14(21)7-24-17(22)15-9-5-11-13(6-9)25-18(23)16(11)15/h2-4,9,11,13,15-16H,5-7H2,1H3,(H,20,21)/t9-,11+,13-,15-,16+/m1/s1. The van der Waals surface area contributed by atoms with Gasteiger partial charge in [-0.3, -0.25) is 14.4 Å². The molecule has 0 unspecified atom stereocenters. The second-order valence-corrected chi connectivity index (χ2v) is 7.90. The van der Waals surface area contributed by atoms with Gasteiger partial charge in [0.05, 0.1) is 11.8 Å². The molecule has 1 aliphatic heterocycles. The molecule has 0 aromatic heterocycles. The maximum atomic E-state index is 12.4. The number of rotatable bonds is 4. The van der Waals surface area contributed by atoms with Crippen LogP contribution in [0.3, 0.4) is 0 Å². The van der Waals surface area contributed by atoms with E-state index in [1.54, 1.807) is 6.07 Å². The van der Waals surface area contributed by atoms with E-state index in [2.05, 4.69) is 21.2 Å². The molecule has 1 amide bonds. The Morgan fingerprint density at radius 3 is 2.92 bits per heavy atom. The van der Waals surface area contributed by atoms with Gasteiger partial charge in [-0.1, -0.05) is 15.9 Å². The molecule has 3 fully saturated rings. The van der Waals surface area contributed by atoms with E-state index in [4.69, 9.17) is 9.47 Å². The number of nitrogens with one attached hydrogen (secondary N) is 1. The molecule has 7 heteroatoms. The lowest BCUT2D eigenvalue weighted by Crippen LogP contribution is -2.34. The van der Waals surface area contributed by atoms with Crippen molar-refractivity contribution in [2.45, 2.75) is 25.9 Å². The molecule has 0 spiro atoms. The fourth-order valence-electron chi connectivity index (χ4n) is 4.48. The monoisotopic (exact) mass is 407 g/mol. The predicted molar refractivity (Wildman–Crippen MR) is 91.5 cm³/mol. The number of carbonyl (C=O) groups is 3. The summed E-state index contributed by atoms with van der Waals surface area (Å²) in [6, 6.07) is 5.43.